The van der Waals surface area contributed by atoms with E-state index in [-0.39, 0.29) is 0 Å². The van der Waals surface area contributed by atoms with E-state index in [1.165, 1.54) is 0 Å². The summed E-state index contributed by atoms with van der Waals surface area (Å²) in [6.45, 7) is 3.92. The van der Waals surface area contributed by atoms with Crippen LogP contribution in [0.15, 0.2) is 0 Å². The van der Waals surface area contributed by atoms with Gasteiger partial charge in [-0.3, -0.25) is 0 Å². The van der Waals surface area contributed by atoms with Gasteiger partial charge >= 0.3 is 7.12 Å². The predicted molar refractivity (Wildman–Crippen MR) is 69.1 cm³/mol. The van der Waals surface area contributed by atoms with Gasteiger partial charge in [0.25, 0.3) is 0 Å². The first kappa shape index (κ1) is 15.9. The highest BCUT2D eigenvalue weighted by molar-refractivity contribution is 6.40. The average Bonchev–Trinajstić information content (AvgIpc) is 2.20. The standard InChI is InChI=1S/C11H27BN2O2/c1-10(6-7-12(15)16)4-5-11(8-13)9-14(2)3/h10-11,15-16H,4-9,13H2,1-3H3. The first-order valence-corrected chi connectivity index (χ1v) is 6.16. The lowest BCUT2D eigenvalue weighted by atomic mass is 9.80. The molecule has 0 aromatic rings. The van der Waals surface area contributed by atoms with Crippen molar-refractivity contribution in [3.05, 3.63) is 0 Å². The van der Waals surface area contributed by atoms with Crippen molar-refractivity contribution >= 4 is 7.12 Å². The third-order valence-corrected chi connectivity index (χ3v) is 2.94. The molecule has 2 atom stereocenters. The molecule has 0 radical (unpaired) electrons. The second-order valence-electron chi connectivity index (χ2n) is 5.10. The summed E-state index contributed by atoms with van der Waals surface area (Å²) in [5.74, 6) is 1.09. The van der Waals surface area contributed by atoms with Crippen LogP contribution in [0.3, 0.4) is 0 Å². The minimum atomic E-state index is -1.16. The molecule has 0 spiro atoms. The molecule has 4 N–H and O–H groups in total. The molecule has 96 valence electrons. The zero-order valence-electron chi connectivity index (χ0n) is 10.9. The van der Waals surface area contributed by atoms with Gasteiger partial charge < -0.3 is 20.7 Å². The van der Waals surface area contributed by atoms with Gasteiger partial charge in [-0.25, -0.2) is 0 Å². The van der Waals surface area contributed by atoms with Crippen molar-refractivity contribution in [1.82, 2.24) is 4.90 Å². The van der Waals surface area contributed by atoms with Gasteiger partial charge in [0.2, 0.25) is 0 Å². The highest BCUT2D eigenvalue weighted by Crippen LogP contribution is 2.17. The Morgan fingerprint density at radius 2 is 1.81 bits per heavy atom. The minimum absolute atomic E-state index is 0.474. The van der Waals surface area contributed by atoms with Crippen molar-refractivity contribution in [3.8, 4) is 0 Å². The molecule has 0 saturated heterocycles. The maximum absolute atomic E-state index is 8.77. The molecule has 5 heteroatoms. The molecule has 2 unspecified atom stereocenters. The molecular weight excluding hydrogens is 203 g/mol. The van der Waals surface area contributed by atoms with Crippen LogP contribution in [-0.2, 0) is 0 Å². The van der Waals surface area contributed by atoms with Gasteiger partial charge in [0.05, 0.1) is 0 Å². The van der Waals surface area contributed by atoms with Crippen molar-refractivity contribution in [3.63, 3.8) is 0 Å². The Morgan fingerprint density at radius 3 is 2.25 bits per heavy atom. The quantitative estimate of drug-likeness (QED) is 0.501. The van der Waals surface area contributed by atoms with Crippen LogP contribution in [0.5, 0.6) is 0 Å². The van der Waals surface area contributed by atoms with E-state index in [0.29, 0.717) is 18.2 Å². The van der Waals surface area contributed by atoms with E-state index in [1.807, 2.05) is 0 Å². The molecular formula is C11H27BN2O2. The second-order valence-corrected chi connectivity index (χ2v) is 5.10. The van der Waals surface area contributed by atoms with E-state index >= 15 is 0 Å². The molecule has 0 aliphatic rings. The summed E-state index contributed by atoms with van der Waals surface area (Å²) in [5.41, 5.74) is 5.72. The number of hydrogen-bond acceptors (Lipinski definition) is 4. The summed E-state index contributed by atoms with van der Waals surface area (Å²) in [5, 5.41) is 17.5. The van der Waals surface area contributed by atoms with Crippen molar-refractivity contribution in [2.45, 2.75) is 32.5 Å². The van der Waals surface area contributed by atoms with E-state index in [0.717, 1.165) is 32.4 Å². The van der Waals surface area contributed by atoms with Crippen molar-refractivity contribution in [2.24, 2.45) is 17.6 Å². The van der Waals surface area contributed by atoms with Gasteiger partial charge in [0.15, 0.2) is 0 Å². The fourth-order valence-electron chi connectivity index (χ4n) is 1.90. The number of nitrogens with zero attached hydrogens (tertiary/aromatic N) is 1. The first-order chi connectivity index (χ1) is 7.45. The highest BCUT2D eigenvalue weighted by Gasteiger charge is 2.13. The van der Waals surface area contributed by atoms with Gasteiger partial charge in [-0.05, 0) is 45.2 Å². The molecule has 16 heavy (non-hydrogen) atoms. The Kier molecular flexibility index (Phi) is 8.94. The maximum atomic E-state index is 8.77. The fraction of sp³-hybridized carbons (Fsp3) is 1.00. The molecule has 0 heterocycles. The second kappa shape index (κ2) is 8.99. The number of hydrogen-bond donors (Lipinski definition) is 3. The van der Waals surface area contributed by atoms with Gasteiger partial charge in [0, 0.05) is 6.54 Å². The van der Waals surface area contributed by atoms with Gasteiger partial charge in [-0.1, -0.05) is 19.8 Å². The topological polar surface area (TPSA) is 69.7 Å². The highest BCUT2D eigenvalue weighted by atomic mass is 16.4. The summed E-state index contributed by atoms with van der Waals surface area (Å²) in [7, 11) is 2.97. The molecule has 0 aliphatic carbocycles. The van der Waals surface area contributed by atoms with Crippen LogP contribution in [0.1, 0.15) is 26.2 Å². The Bertz CT molecular complexity index is 168. The molecule has 4 nitrogen and oxygen atoms in total. The van der Waals surface area contributed by atoms with Crippen LogP contribution in [-0.4, -0.2) is 49.3 Å². The summed E-state index contributed by atoms with van der Waals surface area (Å²) >= 11 is 0. The lowest BCUT2D eigenvalue weighted by molar-refractivity contribution is 0.297. The van der Waals surface area contributed by atoms with Crippen molar-refractivity contribution < 1.29 is 10.0 Å². The van der Waals surface area contributed by atoms with E-state index in [9.17, 15) is 0 Å². The van der Waals surface area contributed by atoms with E-state index in [4.69, 9.17) is 15.8 Å². The predicted octanol–water partition coefficient (Wildman–Crippen LogP) is 0.402. The molecule has 0 saturated carbocycles. The van der Waals surface area contributed by atoms with Crippen LogP contribution in [0.4, 0.5) is 0 Å². The summed E-state index contributed by atoms with van der Waals surface area (Å²) in [6, 6.07) is 0. The summed E-state index contributed by atoms with van der Waals surface area (Å²) in [6.07, 6.45) is 3.58. The van der Waals surface area contributed by atoms with Gasteiger partial charge in [-0.2, -0.15) is 0 Å². The van der Waals surface area contributed by atoms with Crippen molar-refractivity contribution in [2.75, 3.05) is 27.2 Å². The lowest BCUT2D eigenvalue weighted by Gasteiger charge is -2.21. The fourth-order valence-corrected chi connectivity index (χ4v) is 1.90. The Balaban J connectivity index is 3.66. The largest absolute Gasteiger partial charge is 0.451 e. The zero-order valence-corrected chi connectivity index (χ0v) is 10.9. The Labute approximate surface area is 100.0 Å². The zero-order chi connectivity index (χ0) is 12.6. The third-order valence-electron chi connectivity index (χ3n) is 2.94. The third kappa shape index (κ3) is 9.15. The molecule has 0 aromatic carbocycles. The van der Waals surface area contributed by atoms with Crippen LogP contribution in [0.25, 0.3) is 0 Å². The van der Waals surface area contributed by atoms with Crippen molar-refractivity contribution in [1.29, 1.82) is 0 Å². The molecule has 0 amide bonds. The SMILES string of the molecule is CC(CCB(O)O)CCC(CN)CN(C)C. The van der Waals surface area contributed by atoms with Gasteiger partial charge in [0.1, 0.15) is 0 Å². The normalized spacial score (nSPS) is 15.2. The van der Waals surface area contributed by atoms with Crippen LogP contribution < -0.4 is 5.73 Å². The smallest absolute Gasteiger partial charge is 0.427 e. The summed E-state index contributed by atoms with van der Waals surface area (Å²) < 4.78 is 0. The molecule has 0 rings (SSSR count). The molecule has 0 aliphatic heterocycles. The number of rotatable bonds is 9. The average molecular weight is 230 g/mol. The van der Waals surface area contributed by atoms with E-state index in [1.54, 1.807) is 0 Å². The summed E-state index contributed by atoms with van der Waals surface area (Å²) in [4.78, 5) is 2.17. The number of nitrogens with two attached hydrogens (primary N) is 1. The first-order valence-electron chi connectivity index (χ1n) is 6.16. The lowest BCUT2D eigenvalue weighted by Crippen LogP contribution is -2.27. The van der Waals surface area contributed by atoms with Crippen LogP contribution in [0.2, 0.25) is 6.32 Å². The molecule has 0 fully saturated rings. The molecule has 0 aromatic heterocycles. The van der Waals surface area contributed by atoms with Crippen LogP contribution >= 0.6 is 0 Å². The molecule has 0 bridgehead atoms. The van der Waals surface area contributed by atoms with E-state index in [2.05, 4.69) is 25.9 Å². The monoisotopic (exact) mass is 230 g/mol. The van der Waals surface area contributed by atoms with Gasteiger partial charge in [-0.15, -0.1) is 0 Å². The Morgan fingerprint density at radius 1 is 1.19 bits per heavy atom. The van der Waals surface area contributed by atoms with E-state index < -0.39 is 7.12 Å². The Hall–Kier alpha value is -0.0951. The maximum Gasteiger partial charge on any atom is 0.451 e. The van der Waals surface area contributed by atoms with Crippen LogP contribution in [0, 0.1) is 11.8 Å². The minimum Gasteiger partial charge on any atom is -0.427 e.